The fraction of sp³-hybridized carbons (Fsp3) is 0.961. The minimum atomic E-state index is -1.76. The van der Waals surface area contributed by atoms with Gasteiger partial charge in [0, 0.05) is 12.8 Å². The van der Waals surface area contributed by atoms with Crippen LogP contribution in [0.5, 0.6) is 0 Å². The average Bonchev–Trinajstić information content (AvgIpc) is 3.31. The van der Waals surface area contributed by atoms with Crippen molar-refractivity contribution in [1.29, 1.82) is 0 Å². The molecule has 0 aliphatic carbocycles. The SMILES string of the molecule is CCCCCCCCCCCCCCCCCC(=O)OC[C@H](CO[C@@H]1O[C@@H](CO[C@H]2O[C@@H](CO)[C@H](O)[C@H](O)[C@H]2O)[C@H](O)[C@H](O)[C@@H]1O)OC(=O)CCCCCCCCCCCCCCCCC. The summed E-state index contributed by atoms with van der Waals surface area (Å²) < 4.78 is 33.6. The van der Waals surface area contributed by atoms with E-state index in [2.05, 4.69) is 13.8 Å². The van der Waals surface area contributed by atoms with Crippen LogP contribution in [0.25, 0.3) is 0 Å². The van der Waals surface area contributed by atoms with E-state index in [4.69, 9.17) is 28.4 Å². The first-order chi connectivity index (χ1) is 32.0. The highest BCUT2D eigenvalue weighted by atomic mass is 16.7. The first kappa shape index (κ1) is 60.6. The number of ether oxygens (including phenoxy) is 6. The molecule has 2 saturated heterocycles. The first-order valence-corrected chi connectivity index (χ1v) is 26.6. The van der Waals surface area contributed by atoms with Gasteiger partial charge in [-0.15, -0.1) is 0 Å². The molecule has 0 aromatic carbocycles. The normalized spacial score (nSPS) is 26.1. The molecule has 11 atom stereocenters. The molecular weight excluding hydrogens is 853 g/mol. The van der Waals surface area contributed by atoms with Gasteiger partial charge in [-0.1, -0.05) is 194 Å². The smallest absolute Gasteiger partial charge is 0.306 e. The molecule has 15 nitrogen and oxygen atoms in total. The molecule has 2 rings (SSSR count). The summed E-state index contributed by atoms with van der Waals surface area (Å²) in [6.45, 7) is 2.63. The fourth-order valence-corrected chi connectivity index (χ4v) is 8.69. The third-order valence-corrected chi connectivity index (χ3v) is 13.1. The van der Waals surface area contributed by atoms with Gasteiger partial charge in [-0.25, -0.2) is 0 Å². The molecule has 2 aliphatic heterocycles. The average molecular weight is 949 g/mol. The molecule has 15 heteroatoms. The Bertz CT molecular complexity index is 1160. The summed E-state index contributed by atoms with van der Waals surface area (Å²) in [5.41, 5.74) is 0. The highest BCUT2D eigenvalue weighted by Gasteiger charge is 2.47. The van der Waals surface area contributed by atoms with Gasteiger partial charge in [-0.2, -0.15) is 0 Å². The molecule has 390 valence electrons. The predicted molar refractivity (Wildman–Crippen MR) is 252 cm³/mol. The van der Waals surface area contributed by atoms with Crippen LogP contribution in [0.4, 0.5) is 0 Å². The highest BCUT2D eigenvalue weighted by Crippen LogP contribution is 2.27. The second-order valence-corrected chi connectivity index (χ2v) is 19.1. The van der Waals surface area contributed by atoms with Gasteiger partial charge < -0.3 is 64.2 Å². The minimum Gasteiger partial charge on any atom is -0.462 e. The largest absolute Gasteiger partial charge is 0.462 e. The molecule has 0 radical (unpaired) electrons. The number of hydrogen-bond acceptors (Lipinski definition) is 15. The summed E-state index contributed by atoms with van der Waals surface area (Å²) in [7, 11) is 0. The molecule has 7 N–H and O–H groups in total. The lowest BCUT2D eigenvalue weighted by Gasteiger charge is -2.42. The summed E-state index contributed by atoms with van der Waals surface area (Å²) in [6, 6.07) is 0. The molecule has 0 spiro atoms. The van der Waals surface area contributed by atoms with E-state index in [1.807, 2.05) is 0 Å². The van der Waals surface area contributed by atoms with E-state index >= 15 is 0 Å². The Hall–Kier alpha value is -1.50. The lowest BCUT2D eigenvalue weighted by atomic mass is 9.98. The van der Waals surface area contributed by atoms with Crippen molar-refractivity contribution in [3.05, 3.63) is 0 Å². The summed E-state index contributed by atoms with van der Waals surface area (Å²) >= 11 is 0. The standard InChI is InChI=1S/C51H96O15/c1-3-5-7-9-11-13-15-17-19-21-23-25-27-29-31-33-42(53)61-36-39(64-43(54)34-32-30-28-26-24-22-20-18-16-14-12-10-8-6-4-2)37-62-50-49(60)47(58)45(56)41(66-50)38-63-51-48(59)46(57)44(55)40(35-52)65-51/h39-41,44-52,55-60H,3-38H2,1-2H3/t39-,40+,41+,44+,45+,46+,47+,48-,49+,50-,51+/m1/s1. The Morgan fingerprint density at radius 1 is 0.424 bits per heavy atom. The van der Waals surface area contributed by atoms with Crippen LogP contribution < -0.4 is 0 Å². The van der Waals surface area contributed by atoms with Crippen molar-refractivity contribution in [3.63, 3.8) is 0 Å². The number of hydrogen-bond donors (Lipinski definition) is 7. The number of unbranched alkanes of at least 4 members (excludes halogenated alkanes) is 28. The summed E-state index contributed by atoms with van der Waals surface area (Å²) in [4.78, 5) is 25.8. The van der Waals surface area contributed by atoms with Crippen LogP contribution in [-0.4, -0.2) is 142 Å². The van der Waals surface area contributed by atoms with Crippen LogP contribution in [0, 0.1) is 0 Å². The predicted octanol–water partition coefficient (Wildman–Crippen LogP) is 7.61. The van der Waals surface area contributed by atoms with E-state index in [1.54, 1.807) is 0 Å². The van der Waals surface area contributed by atoms with Gasteiger partial charge in [-0.3, -0.25) is 9.59 Å². The highest BCUT2D eigenvalue weighted by molar-refractivity contribution is 5.70. The van der Waals surface area contributed by atoms with E-state index in [-0.39, 0.29) is 26.1 Å². The van der Waals surface area contributed by atoms with Crippen LogP contribution in [0.2, 0.25) is 0 Å². The van der Waals surface area contributed by atoms with Crippen molar-refractivity contribution < 1.29 is 73.8 Å². The van der Waals surface area contributed by atoms with E-state index < -0.39 is 92.7 Å². The van der Waals surface area contributed by atoms with Gasteiger partial charge >= 0.3 is 11.9 Å². The van der Waals surface area contributed by atoms with E-state index in [1.165, 1.54) is 141 Å². The van der Waals surface area contributed by atoms with Gasteiger partial charge in [0.15, 0.2) is 18.7 Å². The van der Waals surface area contributed by atoms with Gasteiger partial charge in [-0.05, 0) is 12.8 Å². The number of aliphatic hydroxyl groups excluding tert-OH is 7. The zero-order valence-electron chi connectivity index (χ0n) is 41.2. The van der Waals surface area contributed by atoms with Crippen molar-refractivity contribution in [3.8, 4) is 0 Å². The zero-order chi connectivity index (χ0) is 48.2. The third kappa shape index (κ3) is 27.0. The van der Waals surface area contributed by atoms with Crippen molar-refractivity contribution >= 4 is 11.9 Å². The summed E-state index contributed by atoms with van der Waals surface area (Å²) in [6.07, 6.45) is 19.8. The molecule has 0 aromatic rings. The first-order valence-electron chi connectivity index (χ1n) is 26.6. The lowest BCUT2D eigenvalue weighted by Crippen LogP contribution is -2.61. The van der Waals surface area contributed by atoms with Crippen molar-refractivity contribution in [2.75, 3.05) is 26.4 Å². The fourth-order valence-electron chi connectivity index (χ4n) is 8.69. The van der Waals surface area contributed by atoms with Gasteiger partial charge in [0.1, 0.15) is 55.4 Å². The quantitative estimate of drug-likeness (QED) is 0.0231. The maximum absolute atomic E-state index is 13.0. The molecule has 2 aliphatic rings. The van der Waals surface area contributed by atoms with E-state index in [0.717, 1.165) is 38.5 Å². The molecule has 2 heterocycles. The van der Waals surface area contributed by atoms with E-state index in [9.17, 15) is 45.3 Å². The summed E-state index contributed by atoms with van der Waals surface area (Å²) in [5, 5.41) is 72.1. The molecular formula is C51H96O15. The van der Waals surface area contributed by atoms with Gasteiger partial charge in [0.25, 0.3) is 0 Å². The number of carbonyl (C=O) groups is 2. The van der Waals surface area contributed by atoms with Crippen LogP contribution in [0.15, 0.2) is 0 Å². The molecule has 0 aromatic heterocycles. The topological polar surface area (TPSA) is 231 Å². The molecule has 66 heavy (non-hydrogen) atoms. The Morgan fingerprint density at radius 2 is 0.773 bits per heavy atom. The van der Waals surface area contributed by atoms with Crippen molar-refractivity contribution in [2.24, 2.45) is 0 Å². The Labute approximate surface area is 398 Å². The van der Waals surface area contributed by atoms with Crippen LogP contribution in [-0.2, 0) is 38.0 Å². The van der Waals surface area contributed by atoms with Crippen LogP contribution >= 0.6 is 0 Å². The second-order valence-electron chi connectivity index (χ2n) is 19.1. The molecule has 0 amide bonds. The van der Waals surface area contributed by atoms with E-state index in [0.29, 0.717) is 12.8 Å². The zero-order valence-corrected chi connectivity index (χ0v) is 41.2. The monoisotopic (exact) mass is 949 g/mol. The number of aliphatic hydroxyl groups is 7. The van der Waals surface area contributed by atoms with Crippen LogP contribution in [0.1, 0.15) is 219 Å². The number of esters is 2. The van der Waals surface area contributed by atoms with Crippen LogP contribution in [0.3, 0.4) is 0 Å². The van der Waals surface area contributed by atoms with Gasteiger partial charge in [0.05, 0.1) is 19.8 Å². The summed E-state index contributed by atoms with van der Waals surface area (Å²) in [5.74, 6) is -0.908. The Morgan fingerprint density at radius 3 is 1.18 bits per heavy atom. The lowest BCUT2D eigenvalue weighted by molar-refractivity contribution is -0.332. The molecule has 2 fully saturated rings. The minimum absolute atomic E-state index is 0.173. The van der Waals surface area contributed by atoms with Crippen molar-refractivity contribution in [1.82, 2.24) is 0 Å². The molecule has 0 bridgehead atoms. The third-order valence-electron chi connectivity index (χ3n) is 13.1. The van der Waals surface area contributed by atoms with Crippen molar-refractivity contribution in [2.45, 2.75) is 287 Å². The second kappa shape index (κ2) is 39.2. The van der Waals surface area contributed by atoms with Gasteiger partial charge in [0.2, 0.25) is 0 Å². The number of rotatable bonds is 42. The maximum atomic E-state index is 13.0. The molecule has 0 unspecified atom stereocenters. The Kier molecular flexibility index (Phi) is 36.0. The maximum Gasteiger partial charge on any atom is 0.306 e. The molecule has 0 saturated carbocycles. The number of carbonyl (C=O) groups excluding carboxylic acids is 2. The Balaban J connectivity index is 1.79.